The topological polar surface area (TPSA) is 104 Å². The Bertz CT molecular complexity index is 1370. The minimum absolute atomic E-state index is 0.0580. The van der Waals surface area contributed by atoms with Gasteiger partial charge in [-0.2, -0.15) is 0 Å². The average Bonchev–Trinajstić information content (AvgIpc) is 2.86. The van der Waals surface area contributed by atoms with Crippen molar-refractivity contribution >= 4 is 46.1 Å². The Labute approximate surface area is 204 Å². The van der Waals surface area contributed by atoms with Crippen LogP contribution in [0.2, 0.25) is 5.02 Å². The van der Waals surface area contributed by atoms with Crippen molar-refractivity contribution in [1.29, 1.82) is 0 Å². The molecule has 0 aliphatic carbocycles. The Morgan fingerprint density at radius 2 is 1.68 bits per heavy atom. The number of aryl methyl sites for hydroxylation is 1. The molecule has 0 aliphatic heterocycles. The molecule has 9 heteroatoms. The van der Waals surface area contributed by atoms with E-state index < -0.39 is 5.91 Å². The number of nitrogens with zero attached hydrogens (tertiary/aromatic N) is 1. The van der Waals surface area contributed by atoms with E-state index in [-0.39, 0.29) is 24.3 Å². The molecule has 172 valence electrons. The first-order valence-electron chi connectivity index (χ1n) is 10.5. The summed E-state index contributed by atoms with van der Waals surface area (Å²) in [6, 6.07) is 21.8. The number of hydrogen-bond acceptors (Lipinski definition) is 5. The molecule has 3 N–H and O–H groups in total. The minimum Gasteiger partial charge on any atom is -0.310 e. The summed E-state index contributed by atoms with van der Waals surface area (Å²) < 4.78 is 0. The fourth-order valence-corrected chi connectivity index (χ4v) is 4.18. The van der Waals surface area contributed by atoms with Crippen molar-refractivity contribution in [2.24, 2.45) is 0 Å². The molecule has 0 spiro atoms. The molecular formula is C25H21ClN4O3S. The van der Waals surface area contributed by atoms with Gasteiger partial charge in [-0.05, 0) is 54.1 Å². The zero-order valence-corrected chi connectivity index (χ0v) is 19.6. The van der Waals surface area contributed by atoms with E-state index in [1.165, 1.54) is 0 Å². The van der Waals surface area contributed by atoms with E-state index in [4.69, 9.17) is 11.6 Å². The molecule has 34 heavy (non-hydrogen) atoms. The van der Waals surface area contributed by atoms with Crippen LogP contribution in [0.1, 0.15) is 28.2 Å². The van der Waals surface area contributed by atoms with Gasteiger partial charge in [0.15, 0.2) is 0 Å². The summed E-state index contributed by atoms with van der Waals surface area (Å²) in [5, 5.41) is 1.20. The standard InChI is InChI=1S/C25H21ClN4O3S/c26-18-9-11-19(12-10-18)34-15-16-5-7-17(8-6-16)24(32)30-29-23(31)14-13-22-27-21-4-2-1-3-20(21)25(33)28-22/h1-12H,13-15H2,(H,29,31)(H,30,32)(H,27,28,33). The van der Waals surface area contributed by atoms with Crippen LogP contribution < -0.4 is 16.4 Å². The van der Waals surface area contributed by atoms with E-state index in [0.717, 1.165) is 16.2 Å². The third-order valence-corrected chi connectivity index (χ3v) is 6.34. The summed E-state index contributed by atoms with van der Waals surface area (Å²) in [4.78, 5) is 44.7. The monoisotopic (exact) mass is 492 g/mol. The lowest BCUT2D eigenvalue weighted by atomic mass is 10.1. The molecular weight excluding hydrogens is 472 g/mol. The van der Waals surface area contributed by atoms with E-state index in [0.29, 0.717) is 27.3 Å². The highest BCUT2D eigenvalue weighted by Crippen LogP contribution is 2.24. The molecule has 0 saturated carbocycles. The van der Waals surface area contributed by atoms with Crippen molar-refractivity contribution in [3.05, 3.63) is 105 Å². The lowest BCUT2D eigenvalue weighted by Gasteiger charge is -2.08. The maximum atomic E-state index is 12.3. The molecule has 7 nitrogen and oxygen atoms in total. The normalized spacial score (nSPS) is 10.7. The molecule has 0 fully saturated rings. The van der Waals surface area contributed by atoms with Crippen molar-refractivity contribution in [3.8, 4) is 0 Å². The van der Waals surface area contributed by atoms with E-state index in [9.17, 15) is 14.4 Å². The Morgan fingerprint density at radius 1 is 0.941 bits per heavy atom. The van der Waals surface area contributed by atoms with Gasteiger partial charge >= 0.3 is 0 Å². The number of aromatic amines is 1. The molecule has 0 bridgehead atoms. The van der Waals surface area contributed by atoms with Crippen molar-refractivity contribution in [3.63, 3.8) is 0 Å². The number of hydrogen-bond donors (Lipinski definition) is 3. The lowest BCUT2D eigenvalue weighted by Crippen LogP contribution is -2.41. The summed E-state index contributed by atoms with van der Waals surface area (Å²) in [6.07, 6.45) is 0.296. The number of nitrogens with one attached hydrogen (secondary N) is 3. The molecule has 0 unspecified atom stereocenters. The molecule has 1 aromatic heterocycles. The summed E-state index contributed by atoms with van der Waals surface area (Å²) in [7, 11) is 0. The molecule has 3 aromatic carbocycles. The summed E-state index contributed by atoms with van der Waals surface area (Å²) in [5.74, 6) is 0.366. The van der Waals surface area contributed by atoms with Gasteiger partial charge in [0.2, 0.25) is 5.91 Å². The second-order valence-corrected chi connectivity index (χ2v) is 8.96. The highest BCUT2D eigenvalue weighted by atomic mass is 35.5. The Balaban J connectivity index is 1.24. The number of rotatable bonds is 7. The zero-order valence-electron chi connectivity index (χ0n) is 18.0. The van der Waals surface area contributed by atoms with E-state index >= 15 is 0 Å². The number of carbonyl (C=O) groups is 2. The quantitative estimate of drug-likeness (QED) is 0.264. The fourth-order valence-electron chi connectivity index (χ4n) is 3.20. The van der Waals surface area contributed by atoms with Crippen LogP contribution in [0.25, 0.3) is 10.9 Å². The van der Waals surface area contributed by atoms with Crippen molar-refractivity contribution in [1.82, 2.24) is 20.8 Å². The second-order valence-electron chi connectivity index (χ2n) is 7.47. The van der Waals surface area contributed by atoms with Gasteiger partial charge in [0.25, 0.3) is 11.5 Å². The number of para-hydroxylation sites is 1. The van der Waals surface area contributed by atoms with E-state index in [1.807, 2.05) is 36.4 Å². The number of carbonyl (C=O) groups excluding carboxylic acids is 2. The van der Waals surface area contributed by atoms with Crippen molar-refractivity contribution in [2.45, 2.75) is 23.5 Å². The molecule has 2 amide bonds. The van der Waals surface area contributed by atoms with Gasteiger partial charge in [-0.15, -0.1) is 11.8 Å². The first-order chi connectivity index (χ1) is 16.5. The summed E-state index contributed by atoms with van der Waals surface area (Å²) in [6.45, 7) is 0. The van der Waals surface area contributed by atoms with Gasteiger partial charge in [0.05, 0.1) is 10.9 Å². The second kappa shape index (κ2) is 11.0. The zero-order chi connectivity index (χ0) is 23.9. The Morgan fingerprint density at radius 3 is 2.44 bits per heavy atom. The number of halogens is 1. The predicted molar refractivity (Wildman–Crippen MR) is 134 cm³/mol. The third kappa shape index (κ3) is 6.24. The summed E-state index contributed by atoms with van der Waals surface area (Å²) >= 11 is 7.57. The molecule has 4 aromatic rings. The Hall–Kier alpha value is -3.62. The first kappa shape index (κ1) is 23.5. The fraction of sp³-hybridized carbons (Fsp3) is 0.120. The SMILES string of the molecule is O=C(CCc1nc2ccccc2c(=O)[nH]1)NNC(=O)c1ccc(CSc2ccc(Cl)cc2)cc1. The smallest absolute Gasteiger partial charge is 0.269 e. The first-order valence-corrected chi connectivity index (χ1v) is 11.9. The highest BCUT2D eigenvalue weighted by molar-refractivity contribution is 7.98. The number of aromatic nitrogens is 2. The summed E-state index contributed by atoms with van der Waals surface area (Å²) in [5.41, 5.74) is 6.63. The van der Waals surface area contributed by atoms with Crippen LogP contribution in [0.4, 0.5) is 0 Å². The molecule has 0 saturated heterocycles. The van der Waals surface area contributed by atoms with Gasteiger partial charge in [0.1, 0.15) is 5.82 Å². The molecule has 4 rings (SSSR count). The van der Waals surface area contributed by atoms with Gasteiger partial charge in [-0.25, -0.2) is 4.98 Å². The maximum absolute atomic E-state index is 12.3. The third-order valence-electron chi connectivity index (χ3n) is 5.00. The van der Waals surface area contributed by atoms with Crippen LogP contribution in [-0.4, -0.2) is 21.8 Å². The van der Waals surface area contributed by atoms with Crippen LogP contribution in [-0.2, 0) is 17.0 Å². The number of thioether (sulfide) groups is 1. The molecule has 0 atom stereocenters. The van der Waals surface area contributed by atoms with Crippen LogP contribution in [0.15, 0.2) is 82.5 Å². The molecule has 0 aliphatic rings. The van der Waals surface area contributed by atoms with Crippen LogP contribution in [0.5, 0.6) is 0 Å². The largest absolute Gasteiger partial charge is 0.310 e. The van der Waals surface area contributed by atoms with Crippen LogP contribution >= 0.6 is 23.4 Å². The highest BCUT2D eigenvalue weighted by Gasteiger charge is 2.10. The number of hydrazine groups is 1. The predicted octanol–water partition coefficient (Wildman–Crippen LogP) is 4.26. The molecule has 0 radical (unpaired) electrons. The number of benzene rings is 3. The minimum atomic E-state index is -0.414. The van der Waals surface area contributed by atoms with Crippen LogP contribution in [0, 0.1) is 0 Å². The van der Waals surface area contributed by atoms with Gasteiger partial charge in [0, 0.05) is 34.1 Å². The number of amides is 2. The van der Waals surface area contributed by atoms with Crippen molar-refractivity contribution < 1.29 is 9.59 Å². The van der Waals surface area contributed by atoms with Gasteiger partial charge < -0.3 is 4.98 Å². The van der Waals surface area contributed by atoms with Gasteiger partial charge in [-0.1, -0.05) is 35.9 Å². The Kier molecular flexibility index (Phi) is 7.61. The van der Waals surface area contributed by atoms with Gasteiger partial charge in [-0.3, -0.25) is 25.2 Å². The van der Waals surface area contributed by atoms with E-state index in [2.05, 4.69) is 20.8 Å². The number of fused-ring (bicyclic) bond motifs is 1. The van der Waals surface area contributed by atoms with Crippen molar-refractivity contribution in [2.75, 3.05) is 0 Å². The lowest BCUT2D eigenvalue weighted by molar-refractivity contribution is -0.121. The average molecular weight is 493 g/mol. The van der Waals surface area contributed by atoms with Crippen LogP contribution in [0.3, 0.4) is 0 Å². The molecule has 1 heterocycles. The van der Waals surface area contributed by atoms with E-state index in [1.54, 1.807) is 48.2 Å². The number of H-pyrrole nitrogens is 1. The maximum Gasteiger partial charge on any atom is 0.269 e.